The number of aromatic nitrogens is 5. The van der Waals surface area contributed by atoms with Crippen molar-refractivity contribution in [3.8, 4) is 16.5 Å². The minimum atomic E-state index is -1.03. The molecule has 0 atom stereocenters. The summed E-state index contributed by atoms with van der Waals surface area (Å²) in [5.74, 6) is 0.0816. The molecule has 2 aromatic carbocycles. The summed E-state index contributed by atoms with van der Waals surface area (Å²) in [6.45, 7) is 1.12. The first-order valence-corrected chi connectivity index (χ1v) is 13.1. The first kappa shape index (κ1) is 23.9. The Morgan fingerprint density at radius 1 is 1.11 bits per heavy atom. The topological polar surface area (TPSA) is 106 Å². The molecule has 2 aliphatic rings. The van der Waals surface area contributed by atoms with Crippen molar-refractivity contribution in [2.75, 3.05) is 18.0 Å². The van der Waals surface area contributed by atoms with Gasteiger partial charge in [0.15, 0.2) is 11.7 Å². The zero-order valence-corrected chi connectivity index (χ0v) is 21.7. The van der Waals surface area contributed by atoms with E-state index in [9.17, 15) is 4.79 Å². The minimum Gasteiger partial charge on any atom is -0.482 e. The van der Waals surface area contributed by atoms with Crippen LogP contribution in [-0.2, 0) is 11.3 Å². The maximum absolute atomic E-state index is 10.9. The van der Waals surface area contributed by atoms with Gasteiger partial charge in [0.2, 0.25) is 5.82 Å². The highest BCUT2D eigenvalue weighted by molar-refractivity contribution is 7.18. The van der Waals surface area contributed by atoms with Crippen molar-refractivity contribution in [3.63, 3.8) is 0 Å². The lowest BCUT2D eigenvalue weighted by Gasteiger charge is -2.43. The van der Waals surface area contributed by atoms with Crippen LogP contribution in [-0.4, -0.2) is 55.0 Å². The van der Waals surface area contributed by atoms with Gasteiger partial charge in [-0.3, -0.25) is 4.79 Å². The average molecular weight is 555 g/mol. The van der Waals surface area contributed by atoms with E-state index in [0.717, 1.165) is 63.2 Å². The van der Waals surface area contributed by atoms with E-state index in [1.165, 1.54) is 11.3 Å². The summed E-state index contributed by atoms with van der Waals surface area (Å²) in [6, 6.07) is 13.5. The lowest BCUT2D eigenvalue weighted by Crippen LogP contribution is -2.48. The van der Waals surface area contributed by atoms with Crippen LogP contribution >= 0.6 is 34.5 Å². The Balaban J connectivity index is 1.25. The molecule has 1 saturated heterocycles. The van der Waals surface area contributed by atoms with Crippen LogP contribution in [0.25, 0.3) is 16.3 Å². The molecular weight excluding hydrogens is 535 g/mol. The first-order valence-electron chi connectivity index (χ1n) is 11.6. The second-order valence-corrected chi connectivity index (χ2v) is 10.7. The molecule has 0 radical (unpaired) electrons. The lowest BCUT2D eigenvalue weighted by molar-refractivity contribution is -0.138. The molecule has 9 nitrogen and oxygen atoms in total. The molecule has 4 aromatic rings. The number of halogens is 2. The van der Waals surface area contributed by atoms with Crippen LogP contribution in [0.2, 0.25) is 10.0 Å². The van der Waals surface area contributed by atoms with Crippen LogP contribution in [0.4, 0.5) is 5.13 Å². The van der Waals surface area contributed by atoms with Gasteiger partial charge in [-0.2, -0.15) is 4.80 Å². The van der Waals surface area contributed by atoms with Crippen molar-refractivity contribution in [2.45, 2.75) is 25.0 Å². The monoisotopic (exact) mass is 554 g/mol. The quantitative estimate of drug-likeness (QED) is 0.365. The van der Waals surface area contributed by atoms with Crippen LogP contribution < -0.4 is 9.64 Å². The van der Waals surface area contributed by atoms with Gasteiger partial charge in [0.1, 0.15) is 11.4 Å². The minimum absolute atomic E-state index is 0.342. The van der Waals surface area contributed by atoms with Crippen LogP contribution in [0.3, 0.4) is 0 Å². The number of rotatable bonds is 5. The van der Waals surface area contributed by atoms with Crippen molar-refractivity contribution in [1.82, 2.24) is 25.2 Å². The molecule has 0 amide bonds. The molecule has 1 N–H and O–H groups in total. The molecule has 0 unspecified atom stereocenters. The molecule has 0 bridgehead atoms. The van der Waals surface area contributed by atoms with E-state index in [4.69, 9.17) is 33.0 Å². The third-order valence-corrected chi connectivity index (χ3v) is 8.15. The number of aliphatic carboxylic acids is 1. The third-order valence-electron chi connectivity index (χ3n) is 6.45. The summed E-state index contributed by atoms with van der Waals surface area (Å²) in [5, 5.41) is 22.9. The molecule has 1 spiro atoms. The zero-order valence-electron chi connectivity index (χ0n) is 19.3. The number of hydrogen-bond donors (Lipinski definition) is 1. The summed E-state index contributed by atoms with van der Waals surface area (Å²) in [6.07, 6.45) is 5.36. The van der Waals surface area contributed by atoms with Gasteiger partial charge in [0.05, 0.1) is 16.1 Å². The summed E-state index contributed by atoms with van der Waals surface area (Å²) in [7, 11) is 0. The van der Waals surface area contributed by atoms with Crippen molar-refractivity contribution in [3.05, 3.63) is 75.9 Å². The summed E-state index contributed by atoms with van der Waals surface area (Å²) < 4.78 is 6.60. The van der Waals surface area contributed by atoms with Gasteiger partial charge < -0.3 is 14.7 Å². The number of nitrogens with zero attached hydrogens (tertiary/aromatic N) is 6. The van der Waals surface area contributed by atoms with Crippen molar-refractivity contribution in [1.29, 1.82) is 0 Å². The van der Waals surface area contributed by atoms with Crippen molar-refractivity contribution < 1.29 is 14.6 Å². The Kier molecular flexibility index (Phi) is 6.10. The molecule has 12 heteroatoms. The molecular formula is C25H20Cl2N6O3S. The van der Waals surface area contributed by atoms with Gasteiger partial charge >= 0.3 is 5.97 Å². The molecule has 188 valence electrons. The van der Waals surface area contributed by atoms with E-state index < -0.39 is 11.6 Å². The van der Waals surface area contributed by atoms with E-state index in [0.29, 0.717) is 15.9 Å². The number of piperidine rings is 1. The summed E-state index contributed by atoms with van der Waals surface area (Å²) >= 11 is 14.7. The number of fused-ring (bicyclic) bond motifs is 1. The highest BCUT2D eigenvalue weighted by Gasteiger charge is 2.40. The number of thiazole rings is 1. The standard InChI is InChI=1S/C25H20Cl2N6O3S/c26-17-5-2-1-4-15(17)16-12-25(36-19-7-3-6-18(27)22(16)19)8-10-32(11-9-25)24-28-13-20(37-24)23-29-31-33(30-23)14-21(34)35/h1-7,12-13H,8-11,14H2,(H,34,35). The number of hydrogen-bond acceptors (Lipinski definition) is 8. The Bertz CT molecular complexity index is 1530. The number of carbonyl (C=O) groups is 1. The highest BCUT2D eigenvalue weighted by atomic mass is 35.5. The normalized spacial score (nSPS) is 16.3. The number of ether oxygens (including phenoxy) is 1. The predicted octanol–water partition coefficient (Wildman–Crippen LogP) is 5.05. The fourth-order valence-corrected chi connectivity index (χ4v) is 6.09. The molecule has 1 fully saturated rings. The Morgan fingerprint density at radius 2 is 1.89 bits per heavy atom. The largest absolute Gasteiger partial charge is 0.482 e. The van der Waals surface area contributed by atoms with Gasteiger partial charge in [-0.05, 0) is 35.1 Å². The number of benzene rings is 2. The Labute approximate surface area is 225 Å². The van der Waals surface area contributed by atoms with E-state index in [1.807, 2.05) is 42.5 Å². The first-order chi connectivity index (χ1) is 17.9. The molecule has 6 rings (SSSR count). The van der Waals surface area contributed by atoms with Gasteiger partial charge in [0.25, 0.3) is 0 Å². The van der Waals surface area contributed by atoms with Crippen LogP contribution in [0.5, 0.6) is 5.75 Å². The fourth-order valence-electron chi connectivity index (χ4n) is 4.69. The van der Waals surface area contributed by atoms with Crippen molar-refractivity contribution >= 4 is 51.2 Å². The van der Waals surface area contributed by atoms with Gasteiger partial charge in [-0.1, -0.05) is 58.8 Å². The van der Waals surface area contributed by atoms with Gasteiger partial charge in [0, 0.05) is 42.1 Å². The Morgan fingerprint density at radius 3 is 2.68 bits per heavy atom. The zero-order chi connectivity index (χ0) is 25.6. The molecule has 0 saturated carbocycles. The molecule has 2 aromatic heterocycles. The van der Waals surface area contributed by atoms with Crippen molar-refractivity contribution in [2.24, 2.45) is 0 Å². The maximum atomic E-state index is 10.9. The molecule has 2 aliphatic heterocycles. The molecule has 37 heavy (non-hydrogen) atoms. The van der Waals surface area contributed by atoms with Crippen LogP contribution in [0, 0.1) is 0 Å². The lowest BCUT2D eigenvalue weighted by atomic mass is 9.83. The SMILES string of the molecule is O=C(O)Cn1nnc(-c2cnc(N3CCC4(C=C(c5ccccc5Cl)c5c(Cl)cccc5O4)CC3)s2)n1. The average Bonchev–Trinajstić information content (AvgIpc) is 3.54. The highest BCUT2D eigenvalue weighted by Crippen LogP contribution is 2.47. The number of carboxylic acids is 1. The summed E-state index contributed by atoms with van der Waals surface area (Å²) in [5.41, 5.74) is 2.28. The third kappa shape index (κ3) is 4.56. The summed E-state index contributed by atoms with van der Waals surface area (Å²) in [4.78, 5) is 19.4. The van der Waals surface area contributed by atoms with E-state index in [1.54, 1.807) is 6.20 Å². The van der Waals surface area contributed by atoms with Crippen LogP contribution in [0.15, 0.2) is 54.7 Å². The molecule has 0 aliphatic carbocycles. The number of tetrazole rings is 1. The number of anilines is 1. The van der Waals surface area contributed by atoms with Gasteiger partial charge in [-0.25, -0.2) is 4.98 Å². The number of carboxylic acid groups (broad SMARTS) is 1. The van der Waals surface area contributed by atoms with Gasteiger partial charge in [-0.15, -0.1) is 10.2 Å². The second-order valence-electron chi connectivity index (χ2n) is 8.85. The molecule has 4 heterocycles. The smallest absolute Gasteiger partial charge is 0.327 e. The Hall–Kier alpha value is -3.47. The van der Waals surface area contributed by atoms with Crippen LogP contribution in [0.1, 0.15) is 24.0 Å². The van der Waals surface area contributed by atoms with E-state index >= 15 is 0 Å². The predicted molar refractivity (Wildman–Crippen MR) is 141 cm³/mol. The maximum Gasteiger partial charge on any atom is 0.327 e. The van der Waals surface area contributed by atoms with E-state index in [2.05, 4.69) is 31.4 Å². The fraction of sp³-hybridized carbons (Fsp3) is 0.240. The van der Waals surface area contributed by atoms with E-state index in [-0.39, 0.29) is 6.54 Å². The second kappa shape index (κ2) is 9.44.